The van der Waals surface area contributed by atoms with E-state index in [1.807, 2.05) is 30.3 Å². The molecule has 1 aliphatic heterocycles. The Labute approximate surface area is 174 Å². The summed E-state index contributed by atoms with van der Waals surface area (Å²) in [5.74, 6) is 0.781. The van der Waals surface area contributed by atoms with E-state index < -0.39 is 6.10 Å². The average Bonchev–Trinajstić information content (AvgIpc) is 3.25. The number of hydrogen-bond donors (Lipinski definition) is 1. The lowest BCUT2D eigenvalue weighted by molar-refractivity contribution is 0.0735. The molecule has 0 saturated carbocycles. The number of benzene rings is 1. The van der Waals surface area contributed by atoms with Crippen LogP contribution in [0.5, 0.6) is 5.75 Å². The second kappa shape index (κ2) is 8.54. The summed E-state index contributed by atoms with van der Waals surface area (Å²) in [6.45, 7) is 3.97. The first-order valence-electron chi connectivity index (χ1n) is 9.85. The van der Waals surface area contributed by atoms with Crippen molar-refractivity contribution < 1.29 is 19.2 Å². The Balaban J connectivity index is 1.57. The summed E-state index contributed by atoms with van der Waals surface area (Å²) in [6.07, 6.45) is 2.33. The van der Waals surface area contributed by atoms with Gasteiger partial charge in [-0.3, -0.25) is 9.78 Å². The summed E-state index contributed by atoms with van der Waals surface area (Å²) in [6, 6.07) is 11.4. The molecule has 1 atom stereocenters. The van der Waals surface area contributed by atoms with Gasteiger partial charge in [0.25, 0.3) is 5.91 Å². The third kappa shape index (κ3) is 3.73. The highest BCUT2D eigenvalue weighted by Gasteiger charge is 2.32. The number of piperazine rings is 1. The normalized spacial score (nSPS) is 15.2. The number of pyridine rings is 1. The number of aliphatic hydroxyl groups is 1. The van der Waals surface area contributed by atoms with Gasteiger partial charge in [-0.15, -0.1) is 0 Å². The van der Waals surface area contributed by atoms with Crippen molar-refractivity contribution in [3.63, 3.8) is 0 Å². The van der Waals surface area contributed by atoms with E-state index in [0.29, 0.717) is 43.0 Å². The van der Waals surface area contributed by atoms with Gasteiger partial charge in [-0.1, -0.05) is 17.3 Å². The lowest BCUT2D eigenvalue weighted by Gasteiger charge is -2.36. The van der Waals surface area contributed by atoms with Crippen LogP contribution in [0, 0.1) is 0 Å². The number of aliphatic hydroxyl groups excluding tert-OH is 1. The Morgan fingerprint density at radius 1 is 1.17 bits per heavy atom. The minimum absolute atomic E-state index is 0.172. The lowest BCUT2D eigenvalue weighted by atomic mass is 10.0. The Bertz CT molecular complexity index is 1010. The maximum absolute atomic E-state index is 13.4. The minimum Gasteiger partial charge on any atom is -0.495 e. The van der Waals surface area contributed by atoms with Gasteiger partial charge >= 0.3 is 0 Å². The van der Waals surface area contributed by atoms with Crippen LogP contribution in [-0.4, -0.2) is 59.3 Å². The average molecular weight is 408 g/mol. The van der Waals surface area contributed by atoms with Gasteiger partial charge in [0.05, 0.1) is 12.8 Å². The fourth-order valence-corrected chi connectivity index (χ4v) is 3.69. The molecule has 1 unspecified atom stereocenters. The second-order valence-corrected chi connectivity index (χ2v) is 7.14. The Morgan fingerprint density at radius 2 is 1.93 bits per heavy atom. The molecule has 0 radical (unpaired) electrons. The number of carbonyl (C=O) groups excluding carboxylic acids is 1. The van der Waals surface area contributed by atoms with Crippen LogP contribution in [0.3, 0.4) is 0 Å². The molecular formula is C22H24N4O4. The number of aromatic nitrogens is 2. The fourth-order valence-electron chi connectivity index (χ4n) is 3.69. The van der Waals surface area contributed by atoms with Gasteiger partial charge in [0, 0.05) is 44.1 Å². The maximum Gasteiger partial charge on any atom is 0.259 e. The largest absolute Gasteiger partial charge is 0.495 e. The topological polar surface area (TPSA) is 91.9 Å². The first kappa shape index (κ1) is 19.9. The predicted molar refractivity (Wildman–Crippen MR) is 111 cm³/mol. The number of carbonyl (C=O) groups is 1. The lowest BCUT2D eigenvalue weighted by Crippen LogP contribution is -2.49. The van der Waals surface area contributed by atoms with Crippen molar-refractivity contribution in [2.75, 3.05) is 38.2 Å². The molecule has 30 heavy (non-hydrogen) atoms. The standard InChI is InChI=1S/C22H24N4O4/c1-15(27)21-19(20(24-30-21)16-6-5-9-23-14-16)22(28)26-12-10-25(11-13-26)17-7-3-4-8-18(17)29-2/h3-9,14-15,27H,10-13H2,1-2H3. The molecule has 8 heteroatoms. The SMILES string of the molecule is COc1ccccc1N1CCN(C(=O)c2c(-c3cccnc3)noc2C(C)O)CC1. The van der Waals surface area contributed by atoms with Crippen LogP contribution in [0.4, 0.5) is 5.69 Å². The van der Waals surface area contributed by atoms with Crippen LogP contribution < -0.4 is 9.64 Å². The molecule has 1 saturated heterocycles. The second-order valence-electron chi connectivity index (χ2n) is 7.14. The van der Waals surface area contributed by atoms with Gasteiger partial charge in [0.2, 0.25) is 0 Å². The fraction of sp³-hybridized carbons (Fsp3) is 0.318. The van der Waals surface area contributed by atoms with Crippen molar-refractivity contribution in [1.29, 1.82) is 0 Å². The monoisotopic (exact) mass is 408 g/mol. The number of rotatable bonds is 5. The third-order valence-electron chi connectivity index (χ3n) is 5.24. The number of nitrogens with zero attached hydrogens (tertiary/aromatic N) is 4. The van der Waals surface area contributed by atoms with Crippen molar-refractivity contribution in [3.8, 4) is 17.0 Å². The van der Waals surface area contributed by atoms with Crippen molar-refractivity contribution >= 4 is 11.6 Å². The summed E-state index contributed by atoms with van der Waals surface area (Å²) in [5.41, 5.74) is 2.38. The van der Waals surface area contributed by atoms with Crippen molar-refractivity contribution in [2.24, 2.45) is 0 Å². The molecule has 8 nitrogen and oxygen atoms in total. The molecule has 0 spiro atoms. The molecule has 1 aliphatic rings. The number of anilines is 1. The van der Waals surface area contributed by atoms with Crippen molar-refractivity contribution in [2.45, 2.75) is 13.0 Å². The highest BCUT2D eigenvalue weighted by atomic mass is 16.5. The zero-order valence-corrected chi connectivity index (χ0v) is 17.0. The first-order valence-corrected chi connectivity index (χ1v) is 9.85. The van der Waals surface area contributed by atoms with Crippen molar-refractivity contribution in [3.05, 3.63) is 60.1 Å². The minimum atomic E-state index is -0.947. The van der Waals surface area contributed by atoms with E-state index >= 15 is 0 Å². The Hall–Kier alpha value is -3.39. The summed E-state index contributed by atoms with van der Waals surface area (Å²) in [4.78, 5) is 21.5. The van der Waals surface area contributed by atoms with E-state index in [1.165, 1.54) is 0 Å². The number of para-hydroxylation sites is 2. The van der Waals surface area contributed by atoms with Gasteiger partial charge in [-0.25, -0.2) is 0 Å². The van der Waals surface area contributed by atoms with E-state index in [2.05, 4.69) is 15.0 Å². The van der Waals surface area contributed by atoms with Crippen LogP contribution in [-0.2, 0) is 0 Å². The molecule has 1 N–H and O–H groups in total. The first-order chi connectivity index (χ1) is 14.6. The number of methoxy groups -OCH3 is 1. The van der Waals surface area contributed by atoms with Gasteiger partial charge in [-0.05, 0) is 31.2 Å². The van der Waals surface area contributed by atoms with Crippen LogP contribution in [0.15, 0.2) is 53.3 Å². The van der Waals surface area contributed by atoms with E-state index in [9.17, 15) is 9.90 Å². The number of amides is 1. The smallest absolute Gasteiger partial charge is 0.259 e. The molecular weight excluding hydrogens is 384 g/mol. The molecule has 3 heterocycles. The van der Waals surface area contributed by atoms with Crippen LogP contribution in [0.25, 0.3) is 11.3 Å². The molecule has 2 aromatic heterocycles. The maximum atomic E-state index is 13.4. The summed E-state index contributed by atoms with van der Waals surface area (Å²) >= 11 is 0. The van der Waals surface area contributed by atoms with E-state index in [0.717, 1.165) is 11.4 Å². The zero-order chi connectivity index (χ0) is 21.1. The van der Waals surface area contributed by atoms with Gasteiger partial charge in [-0.2, -0.15) is 0 Å². The van der Waals surface area contributed by atoms with Gasteiger partial charge in [0.15, 0.2) is 5.76 Å². The highest BCUT2D eigenvalue weighted by molar-refractivity contribution is 6.01. The third-order valence-corrected chi connectivity index (χ3v) is 5.24. The van der Waals surface area contributed by atoms with Gasteiger partial charge in [0.1, 0.15) is 23.1 Å². The van der Waals surface area contributed by atoms with E-state index in [1.54, 1.807) is 37.4 Å². The molecule has 1 amide bonds. The van der Waals surface area contributed by atoms with E-state index in [4.69, 9.17) is 9.26 Å². The molecule has 1 fully saturated rings. The summed E-state index contributed by atoms with van der Waals surface area (Å²) < 4.78 is 10.8. The molecule has 0 aliphatic carbocycles. The van der Waals surface area contributed by atoms with Crippen LogP contribution in [0.2, 0.25) is 0 Å². The van der Waals surface area contributed by atoms with E-state index in [-0.39, 0.29) is 11.7 Å². The predicted octanol–water partition coefficient (Wildman–Crippen LogP) is 2.76. The number of hydrogen-bond acceptors (Lipinski definition) is 7. The molecule has 156 valence electrons. The number of ether oxygens (including phenoxy) is 1. The molecule has 4 rings (SSSR count). The van der Waals surface area contributed by atoms with Crippen LogP contribution in [0.1, 0.15) is 29.1 Å². The summed E-state index contributed by atoms with van der Waals surface area (Å²) in [5, 5.41) is 14.2. The molecule has 3 aromatic rings. The van der Waals surface area contributed by atoms with Crippen LogP contribution >= 0.6 is 0 Å². The summed E-state index contributed by atoms with van der Waals surface area (Å²) in [7, 11) is 1.65. The zero-order valence-electron chi connectivity index (χ0n) is 17.0. The quantitative estimate of drug-likeness (QED) is 0.694. The molecule has 0 bridgehead atoms. The Morgan fingerprint density at radius 3 is 2.60 bits per heavy atom. The van der Waals surface area contributed by atoms with Gasteiger partial charge < -0.3 is 24.2 Å². The van der Waals surface area contributed by atoms with Crippen molar-refractivity contribution in [1.82, 2.24) is 15.0 Å². The highest BCUT2D eigenvalue weighted by Crippen LogP contribution is 2.32. The Kier molecular flexibility index (Phi) is 5.67. The molecule has 1 aromatic carbocycles.